The highest BCUT2D eigenvalue weighted by atomic mass is 16.5. The van der Waals surface area contributed by atoms with Crippen LogP contribution in [-0.4, -0.2) is 64.1 Å². The van der Waals surface area contributed by atoms with Gasteiger partial charge in [0.1, 0.15) is 0 Å². The highest BCUT2D eigenvalue weighted by molar-refractivity contribution is 4.87. The molecule has 112 valence electrons. The van der Waals surface area contributed by atoms with E-state index in [2.05, 4.69) is 10.2 Å². The zero-order chi connectivity index (χ0) is 13.3. The van der Waals surface area contributed by atoms with E-state index in [1.54, 1.807) is 7.11 Å². The quantitative estimate of drug-likeness (QED) is 0.678. The largest absolute Gasteiger partial charge is 0.382 e. The predicted octanol–water partition coefficient (Wildman–Crippen LogP) is 1.50. The molecule has 0 spiro atoms. The third-order valence-electron chi connectivity index (χ3n) is 4.51. The fraction of sp³-hybridized carbons (Fsp3) is 1.00. The second-order valence-corrected chi connectivity index (χ2v) is 5.79. The summed E-state index contributed by atoms with van der Waals surface area (Å²) >= 11 is 0. The molecule has 0 aromatic carbocycles. The summed E-state index contributed by atoms with van der Waals surface area (Å²) in [6.45, 7) is 7.26. The summed E-state index contributed by atoms with van der Waals surface area (Å²) in [6.07, 6.45) is 6.69. The number of likely N-dealkylation sites (tertiary alicyclic amines) is 1. The minimum Gasteiger partial charge on any atom is -0.382 e. The molecule has 0 aromatic heterocycles. The van der Waals surface area contributed by atoms with E-state index < -0.39 is 0 Å². The minimum atomic E-state index is 0.710. The molecule has 0 aliphatic carbocycles. The van der Waals surface area contributed by atoms with Gasteiger partial charge in [-0.1, -0.05) is 0 Å². The second kappa shape index (κ2) is 8.90. The molecule has 0 amide bonds. The van der Waals surface area contributed by atoms with Crippen molar-refractivity contribution in [1.29, 1.82) is 0 Å². The van der Waals surface area contributed by atoms with Gasteiger partial charge in [0.15, 0.2) is 0 Å². The van der Waals surface area contributed by atoms with E-state index >= 15 is 0 Å². The highest BCUT2D eigenvalue weighted by Gasteiger charge is 2.31. The van der Waals surface area contributed by atoms with Crippen LogP contribution in [0.25, 0.3) is 0 Å². The molecule has 0 aromatic rings. The Balaban J connectivity index is 1.61. The van der Waals surface area contributed by atoms with Crippen molar-refractivity contribution < 1.29 is 9.47 Å². The molecule has 0 bridgehead atoms. The smallest absolute Gasteiger partial charge is 0.0700 e. The van der Waals surface area contributed by atoms with Crippen molar-refractivity contribution in [1.82, 2.24) is 10.2 Å². The van der Waals surface area contributed by atoms with Crippen molar-refractivity contribution in [3.63, 3.8) is 0 Å². The normalized spacial score (nSPS) is 26.1. The number of rotatable bonds is 8. The van der Waals surface area contributed by atoms with Gasteiger partial charge in [0, 0.05) is 26.3 Å². The number of ether oxygens (including phenoxy) is 2. The average Bonchev–Trinajstić information content (AvgIpc) is 2.92. The number of nitrogens with one attached hydrogen (secondary N) is 1. The molecule has 0 saturated carbocycles. The van der Waals surface area contributed by atoms with E-state index in [1.807, 2.05) is 0 Å². The Bertz CT molecular complexity index is 232. The predicted molar refractivity (Wildman–Crippen MR) is 77.5 cm³/mol. The van der Waals surface area contributed by atoms with Crippen molar-refractivity contribution >= 4 is 0 Å². The van der Waals surface area contributed by atoms with Crippen LogP contribution in [0, 0.1) is 5.92 Å². The Morgan fingerprint density at radius 2 is 1.95 bits per heavy atom. The van der Waals surface area contributed by atoms with Gasteiger partial charge >= 0.3 is 0 Å². The topological polar surface area (TPSA) is 33.7 Å². The van der Waals surface area contributed by atoms with Crippen molar-refractivity contribution in [2.75, 3.05) is 53.1 Å². The number of nitrogens with zero attached hydrogens (tertiary/aromatic N) is 1. The van der Waals surface area contributed by atoms with Crippen LogP contribution in [0.3, 0.4) is 0 Å². The maximum absolute atomic E-state index is 5.55. The van der Waals surface area contributed by atoms with Crippen LogP contribution in [0.1, 0.15) is 32.1 Å². The maximum atomic E-state index is 5.55. The second-order valence-electron chi connectivity index (χ2n) is 5.79. The zero-order valence-electron chi connectivity index (χ0n) is 12.4. The number of hydrogen-bond acceptors (Lipinski definition) is 4. The molecule has 1 unspecified atom stereocenters. The average molecular weight is 270 g/mol. The van der Waals surface area contributed by atoms with Crippen LogP contribution in [0.2, 0.25) is 0 Å². The maximum Gasteiger partial charge on any atom is 0.0700 e. The molecule has 2 fully saturated rings. The van der Waals surface area contributed by atoms with E-state index in [4.69, 9.17) is 9.47 Å². The summed E-state index contributed by atoms with van der Waals surface area (Å²) in [6, 6.07) is 0.848. The molecule has 19 heavy (non-hydrogen) atoms. The number of hydrogen-bond donors (Lipinski definition) is 1. The molecule has 1 N–H and O–H groups in total. The van der Waals surface area contributed by atoms with E-state index in [-0.39, 0.29) is 0 Å². The summed E-state index contributed by atoms with van der Waals surface area (Å²) in [5.74, 6) is 0.929. The third-order valence-corrected chi connectivity index (χ3v) is 4.51. The third kappa shape index (κ3) is 5.03. The Kier molecular flexibility index (Phi) is 7.14. The molecule has 2 heterocycles. The van der Waals surface area contributed by atoms with Gasteiger partial charge < -0.3 is 19.7 Å². The lowest BCUT2D eigenvalue weighted by Gasteiger charge is -2.34. The molecular weight excluding hydrogens is 240 g/mol. The number of methoxy groups -OCH3 is 1. The van der Waals surface area contributed by atoms with Crippen molar-refractivity contribution in [3.05, 3.63) is 0 Å². The van der Waals surface area contributed by atoms with Crippen molar-refractivity contribution in [2.24, 2.45) is 5.92 Å². The summed E-state index contributed by atoms with van der Waals surface area (Å²) in [5, 5.41) is 3.47. The Morgan fingerprint density at radius 3 is 2.74 bits per heavy atom. The summed E-state index contributed by atoms with van der Waals surface area (Å²) in [7, 11) is 1.72. The van der Waals surface area contributed by atoms with Crippen LogP contribution in [-0.2, 0) is 9.47 Å². The lowest BCUT2D eigenvalue weighted by Crippen LogP contribution is -2.41. The lowest BCUT2D eigenvalue weighted by atomic mass is 9.88. The molecular formula is C15H30N2O2. The van der Waals surface area contributed by atoms with Crippen LogP contribution >= 0.6 is 0 Å². The summed E-state index contributed by atoms with van der Waals surface area (Å²) in [5.41, 5.74) is 0. The summed E-state index contributed by atoms with van der Waals surface area (Å²) in [4.78, 5) is 2.72. The van der Waals surface area contributed by atoms with Gasteiger partial charge in [-0.3, -0.25) is 0 Å². The van der Waals surface area contributed by atoms with Crippen LogP contribution < -0.4 is 5.32 Å². The van der Waals surface area contributed by atoms with Crippen LogP contribution in [0.4, 0.5) is 0 Å². The van der Waals surface area contributed by atoms with Gasteiger partial charge in [-0.15, -0.1) is 0 Å². The lowest BCUT2D eigenvalue weighted by molar-refractivity contribution is 0.0621. The minimum absolute atomic E-state index is 0.710. The SMILES string of the molecule is COCCOCCCN1CCCC1C1CCNCC1. The van der Waals surface area contributed by atoms with Crippen LogP contribution in [0.15, 0.2) is 0 Å². The van der Waals surface area contributed by atoms with Gasteiger partial charge in [0.2, 0.25) is 0 Å². The van der Waals surface area contributed by atoms with E-state index in [9.17, 15) is 0 Å². The molecule has 2 rings (SSSR count). The van der Waals surface area contributed by atoms with Gasteiger partial charge in [-0.2, -0.15) is 0 Å². The van der Waals surface area contributed by atoms with Crippen molar-refractivity contribution in [3.8, 4) is 0 Å². The number of piperidine rings is 1. The zero-order valence-corrected chi connectivity index (χ0v) is 12.4. The first kappa shape index (κ1) is 15.2. The van der Waals surface area contributed by atoms with Gasteiger partial charge in [-0.25, -0.2) is 0 Å². The molecule has 2 aliphatic heterocycles. The van der Waals surface area contributed by atoms with Crippen molar-refractivity contribution in [2.45, 2.75) is 38.1 Å². The van der Waals surface area contributed by atoms with Gasteiger partial charge in [0.25, 0.3) is 0 Å². The first-order valence-electron chi connectivity index (χ1n) is 7.93. The molecule has 4 nitrogen and oxygen atoms in total. The fourth-order valence-corrected chi connectivity index (χ4v) is 3.51. The standard InChI is InChI=1S/C15H30N2O2/c1-18-12-13-19-11-3-10-17-9-2-4-15(17)14-5-7-16-8-6-14/h14-16H,2-13H2,1H3. The van der Waals surface area contributed by atoms with Gasteiger partial charge in [-0.05, 0) is 57.7 Å². The highest BCUT2D eigenvalue weighted by Crippen LogP contribution is 2.29. The fourth-order valence-electron chi connectivity index (χ4n) is 3.51. The first-order chi connectivity index (χ1) is 9.42. The molecule has 1 atom stereocenters. The molecule has 2 aliphatic rings. The van der Waals surface area contributed by atoms with Gasteiger partial charge in [0.05, 0.1) is 13.2 Å². The van der Waals surface area contributed by atoms with E-state index in [0.717, 1.165) is 31.6 Å². The Hall–Kier alpha value is -0.160. The Labute approximate surface area is 117 Å². The molecule has 2 saturated heterocycles. The monoisotopic (exact) mass is 270 g/mol. The molecule has 0 radical (unpaired) electrons. The summed E-state index contributed by atoms with van der Waals surface area (Å²) < 4.78 is 10.5. The van der Waals surface area contributed by atoms with E-state index in [1.165, 1.54) is 51.9 Å². The Morgan fingerprint density at radius 1 is 1.11 bits per heavy atom. The van der Waals surface area contributed by atoms with Crippen LogP contribution in [0.5, 0.6) is 0 Å². The van der Waals surface area contributed by atoms with E-state index in [0.29, 0.717) is 6.61 Å². The first-order valence-corrected chi connectivity index (χ1v) is 7.93. The molecule has 4 heteroatoms.